The van der Waals surface area contributed by atoms with Gasteiger partial charge in [0.2, 0.25) is 0 Å². The van der Waals surface area contributed by atoms with Crippen LogP contribution in [0.4, 0.5) is 0 Å². The summed E-state index contributed by atoms with van der Waals surface area (Å²) >= 11 is 0. The van der Waals surface area contributed by atoms with Crippen LogP contribution >= 0.6 is 0 Å². The van der Waals surface area contributed by atoms with Crippen molar-refractivity contribution in [2.24, 2.45) is 0 Å². The van der Waals surface area contributed by atoms with Gasteiger partial charge in [0.05, 0.1) is 18.0 Å². The molecule has 0 aliphatic rings. The topological polar surface area (TPSA) is 81.7 Å². The van der Waals surface area contributed by atoms with Crippen molar-refractivity contribution < 1.29 is 9.90 Å². The van der Waals surface area contributed by atoms with E-state index in [2.05, 4.69) is 4.98 Å². The minimum absolute atomic E-state index is 0.156. The first-order valence-electron chi connectivity index (χ1n) is 5.37. The number of nitrogens with zero attached hydrogens (tertiary/aromatic N) is 3. The second-order valence-corrected chi connectivity index (χ2v) is 3.87. The molecule has 1 heterocycles. The summed E-state index contributed by atoms with van der Waals surface area (Å²) in [5.74, 6) is -1.13. The van der Waals surface area contributed by atoms with Crippen LogP contribution in [-0.2, 0) is 17.8 Å². The van der Waals surface area contributed by atoms with Crippen LogP contribution in [-0.4, -0.2) is 15.5 Å². The van der Waals surface area contributed by atoms with Gasteiger partial charge in [0.1, 0.15) is 0 Å². The highest BCUT2D eigenvalue weighted by atomic mass is 16.4. The van der Waals surface area contributed by atoms with Gasteiger partial charge in [-0.05, 0) is 17.7 Å². The highest BCUT2D eigenvalue weighted by Gasteiger charge is 2.03. The maximum Gasteiger partial charge on any atom is 0.0991 e. The summed E-state index contributed by atoms with van der Waals surface area (Å²) in [7, 11) is 0. The third kappa shape index (κ3) is 2.74. The van der Waals surface area contributed by atoms with Crippen molar-refractivity contribution in [1.29, 1.82) is 5.26 Å². The van der Waals surface area contributed by atoms with E-state index in [9.17, 15) is 9.90 Å². The molecule has 1 aromatic heterocycles. The Bertz CT molecular complexity index is 593. The van der Waals surface area contributed by atoms with Crippen molar-refractivity contribution >= 4 is 5.97 Å². The van der Waals surface area contributed by atoms with Gasteiger partial charge < -0.3 is 14.5 Å². The zero-order chi connectivity index (χ0) is 13.0. The van der Waals surface area contributed by atoms with Crippen molar-refractivity contribution in [2.45, 2.75) is 13.0 Å². The van der Waals surface area contributed by atoms with Crippen LogP contribution in [0.5, 0.6) is 0 Å². The van der Waals surface area contributed by atoms with Gasteiger partial charge in [-0.15, -0.1) is 0 Å². The molecule has 5 heteroatoms. The number of hydrogen-bond donors (Lipinski definition) is 0. The van der Waals surface area contributed by atoms with E-state index in [1.54, 1.807) is 23.0 Å². The molecule has 0 saturated heterocycles. The molecule has 0 bridgehead atoms. The highest BCUT2D eigenvalue weighted by molar-refractivity contribution is 5.67. The fraction of sp³-hybridized carbons (Fsp3) is 0.154. The molecule has 2 rings (SSSR count). The Balaban J connectivity index is 2.16. The molecule has 0 aliphatic carbocycles. The van der Waals surface area contributed by atoms with E-state index < -0.39 is 5.97 Å². The van der Waals surface area contributed by atoms with Gasteiger partial charge in [0.15, 0.2) is 0 Å². The lowest BCUT2D eigenvalue weighted by Gasteiger charge is -2.08. The van der Waals surface area contributed by atoms with Crippen LogP contribution < -0.4 is 5.11 Å². The Kier molecular flexibility index (Phi) is 3.39. The van der Waals surface area contributed by atoms with E-state index in [0.717, 1.165) is 5.56 Å². The van der Waals surface area contributed by atoms with Crippen molar-refractivity contribution in [3.8, 4) is 6.07 Å². The van der Waals surface area contributed by atoms with Crippen LogP contribution in [0.3, 0.4) is 0 Å². The second kappa shape index (κ2) is 5.15. The number of benzene rings is 1. The van der Waals surface area contributed by atoms with Crippen LogP contribution in [0, 0.1) is 11.3 Å². The van der Waals surface area contributed by atoms with E-state index in [1.807, 2.05) is 18.2 Å². The minimum atomic E-state index is -1.13. The number of rotatable bonds is 4. The summed E-state index contributed by atoms with van der Waals surface area (Å²) in [6.45, 7) is 0.522. The van der Waals surface area contributed by atoms with E-state index in [4.69, 9.17) is 5.26 Å². The first kappa shape index (κ1) is 11.9. The lowest BCUT2D eigenvalue weighted by molar-refractivity contribution is -0.304. The van der Waals surface area contributed by atoms with Crippen LogP contribution in [0.1, 0.15) is 16.8 Å². The molecule has 0 atom stereocenters. The molecule has 5 nitrogen and oxygen atoms in total. The average molecular weight is 240 g/mol. The van der Waals surface area contributed by atoms with Crippen LogP contribution in [0.15, 0.2) is 36.8 Å². The summed E-state index contributed by atoms with van der Waals surface area (Å²) in [4.78, 5) is 14.5. The molecule has 0 aliphatic heterocycles. The summed E-state index contributed by atoms with van der Waals surface area (Å²) in [6.07, 6.45) is 2.94. The van der Waals surface area contributed by atoms with Crippen molar-refractivity contribution in [1.82, 2.24) is 9.55 Å². The molecule has 0 spiro atoms. The van der Waals surface area contributed by atoms with Gasteiger partial charge in [-0.1, -0.05) is 12.1 Å². The molecule has 0 radical (unpaired) electrons. The lowest BCUT2D eigenvalue weighted by Crippen LogP contribution is -2.25. The molecule has 18 heavy (non-hydrogen) atoms. The Morgan fingerprint density at radius 1 is 1.39 bits per heavy atom. The summed E-state index contributed by atoms with van der Waals surface area (Å²) in [6, 6.07) is 9.17. The fourth-order valence-electron chi connectivity index (χ4n) is 1.67. The Hall–Kier alpha value is -2.61. The summed E-state index contributed by atoms with van der Waals surface area (Å²) in [5.41, 5.74) is 2.17. The molecule has 0 unspecified atom stereocenters. The average Bonchev–Trinajstić information content (AvgIpc) is 2.77. The fourth-order valence-corrected chi connectivity index (χ4v) is 1.67. The Morgan fingerprint density at radius 2 is 2.11 bits per heavy atom. The molecule has 0 fully saturated rings. The largest absolute Gasteiger partial charge is 0.550 e. The number of hydrogen-bond acceptors (Lipinski definition) is 4. The highest BCUT2D eigenvalue weighted by Crippen LogP contribution is 2.08. The zero-order valence-electron chi connectivity index (χ0n) is 9.54. The SMILES string of the molecule is N#Cc1ccc(Cn2cncc2CC(=O)[O-])cc1. The number of imidazole rings is 1. The van der Waals surface area contributed by atoms with Gasteiger partial charge in [-0.2, -0.15) is 5.26 Å². The Labute approximate surface area is 104 Å². The van der Waals surface area contributed by atoms with Crippen molar-refractivity contribution in [3.05, 3.63) is 53.6 Å². The third-order valence-electron chi connectivity index (χ3n) is 2.56. The number of carboxylic acids is 1. The second-order valence-electron chi connectivity index (χ2n) is 3.87. The summed E-state index contributed by atoms with van der Waals surface area (Å²) in [5, 5.41) is 19.3. The molecule has 2 aromatic rings. The molecule has 0 saturated carbocycles. The molecule has 1 aromatic carbocycles. The molecule has 0 amide bonds. The summed E-state index contributed by atoms with van der Waals surface area (Å²) < 4.78 is 1.75. The number of carboxylic acid groups (broad SMARTS) is 1. The van der Waals surface area contributed by atoms with Crippen LogP contribution in [0.25, 0.3) is 0 Å². The monoisotopic (exact) mass is 240 g/mol. The molecular weight excluding hydrogens is 230 g/mol. The van der Waals surface area contributed by atoms with E-state index >= 15 is 0 Å². The smallest absolute Gasteiger partial charge is 0.0991 e. The van der Waals surface area contributed by atoms with Gasteiger partial charge in [-0.3, -0.25) is 0 Å². The standard InChI is InChI=1S/C13H11N3O2/c14-6-10-1-3-11(4-2-10)8-16-9-15-7-12(16)5-13(17)18/h1-4,7,9H,5,8H2,(H,17,18)/p-1. The maximum absolute atomic E-state index is 10.6. The minimum Gasteiger partial charge on any atom is -0.550 e. The number of carbonyl (C=O) groups is 1. The van der Waals surface area contributed by atoms with Gasteiger partial charge >= 0.3 is 0 Å². The van der Waals surface area contributed by atoms with Gasteiger partial charge in [0, 0.05) is 30.8 Å². The number of aromatic nitrogens is 2. The Morgan fingerprint density at radius 3 is 2.72 bits per heavy atom. The van der Waals surface area contributed by atoms with E-state index in [-0.39, 0.29) is 6.42 Å². The van der Waals surface area contributed by atoms with Gasteiger partial charge in [-0.25, -0.2) is 4.98 Å². The number of carbonyl (C=O) groups excluding carboxylic acids is 1. The van der Waals surface area contributed by atoms with E-state index in [1.165, 1.54) is 6.20 Å². The third-order valence-corrected chi connectivity index (χ3v) is 2.56. The molecular formula is C13H10N3O2-. The lowest BCUT2D eigenvalue weighted by atomic mass is 10.1. The zero-order valence-corrected chi connectivity index (χ0v) is 9.54. The number of aliphatic carboxylic acids is 1. The van der Waals surface area contributed by atoms with E-state index in [0.29, 0.717) is 17.8 Å². The molecule has 0 N–H and O–H groups in total. The quantitative estimate of drug-likeness (QED) is 0.758. The molecule has 90 valence electrons. The first-order chi connectivity index (χ1) is 8.69. The number of nitriles is 1. The van der Waals surface area contributed by atoms with Gasteiger partial charge in [0.25, 0.3) is 0 Å². The van der Waals surface area contributed by atoms with Crippen LogP contribution in [0.2, 0.25) is 0 Å². The van der Waals surface area contributed by atoms with Crippen molar-refractivity contribution in [2.75, 3.05) is 0 Å². The predicted molar refractivity (Wildman–Crippen MR) is 61.2 cm³/mol. The normalized spacial score (nSPS) is 9.94. The maximum atomic E-state index is 10.6. The first-order valence-corrected chi connectivity index (χ1v) is 5.37. The predicted octanol–water partition coefficient (Wildman–Crippen LogP) is 0.0955. The van der Waals surface area contributed by atoms with Crippen molar-refractivity contribution in [3.63, 3.8) is 0 Å².